The van der Waals surface area contributed by atoms with Gasteiger partial charge >= 0.3 is 6.01 Å². The molecule has 0 amide bonds. The van der Waals surface area contributed by atoms with E-state index in [2.05, 4.69) is 15.2 Å². The van der Waals surface area contributed by atoms with Crippen LogP contribution in [0.25, 0.3) is 11.3 Å². The molecule has 5 heteroatoms. The first-order valence-electron chi connectivity index (χ1n) is 6.42. The van der Waals surface area contributed by atoms with Gasteiger partial charge in [-0.25, -0.2) is 0 Å². The zero-order valence-corrected chi connectivity index (χ0v) is 11.4. The van der Waals surface area contributed by atoms with Gasteiger partial charge < -0.3 is 9.47 Å². The van der Waals surface area contributed by atoms with Gasteiger partial charge in [-0.1, -0.05) is 35.4 Å². The van der Waals surface area contributed by atoms with Gasteiger partial charge in [0.1, 0.15) is 11.5 Å². The summed E-state index contributed by atoms with van der Waals surface area (Å²) in [6.45, 7) is 0. The summed E-state index contributed by atoms with van der Waals surface area (Å²) in [5.74, 6) is 1.39. The second-order valence-corrected chi connectivity index (χ2v) is 4.27. The van der Waals surface area contributed by atoms with Crippen molar-refractivity contribution in [1.82, 2.24) is 15.2 Å². The molecule has 1 heterocycles. The number of hydrogen-bond acceptors (Lipinski definition) is 5. The zero-order valence-electron chi connectivity index (χ0n) is 11.4. The van der Waals surface area contributed by atoms with E-state index in [0.29, 0.717) is 11.4 Å². The van der Waals surface area contributed by atoms with Gasteiger partial charge in [-0.3, -0.25) is 0 Å². The molecule has 0 aliphatic heterocycles. The van der Waals surface area contributed by atoms with E-state index in [1.165, 1.54) is 0 Å². The van der Waals surface area contributed by atoms with Crippen molar-refractivity contribution in [2.24, 2.45) is 0 Å². The molecule has 1 aromatic heterocycles. The molecule has 3 rings (SSSR count). The molecule has 0 atom stereocenters. The van der Waals surface area contributed by atoms with Gasteiger partial charge in [0.25, 0.3) is 0 Å². The highest BCUT2D eigenvalue weighted by Crippen LogP contribution is 2.22. The molecule has 0 bridgehead atoms. The molecule has 0 unspecified atom stereocenters. The predicted octanol–water partition coefficient (Wildman–Crippen LogP) is 3.34. The highest BCUT2D eigenvalue weighted by Gasteiger charge is 2.05. The molecule has 0 fully saturated rings. The fourth-order valence-corrected chi connectivity index (χ4v) is 1.83. The Balaban J connectivity index is 1.83. The highest BCUT2D eigenvalue weighted by molar-refractivity contribution is 5.57. The molecule has 104 valence electrons. The number of methoxy groups -OCH3 is 1. The van der Waals surface area contributed by atoms with Crippen molar-refractivity contribution in [2.75, 3.05) is 7.11 Å². The molecule has 0 aliphatic carbocycles. The molecule has 5 nitrogen and oxygen atoms in total. The number of nitrogens with zero attached hydrogens (tertiary/aromatic N) is 3. The molecular formula is C16H13N3O2. The Hall–Kier alpha value is -2.95. The van der Waals surface area contributed by atoms with Crippen molar-refractivity contribution in [3.05, 3.63) is 60.8 Å². The smallest absolute Gasteiger partial charge is 0.341 e. The predicted molar refractivity (Wildman–Crippen MR) is 78.3 cm³/mol. The number of hydrogen-bond donors (Lipinski definition) is 0. The van der Waals surface area contributed by atoms with Crippen molar-refractivity contribution in [1.29, 1.82) is 0 Å². The SMILES string of the molecule is COc1ccc(Oc2nncc(-c3ccccc3)n2)cc1. The first kappa shape index (κ1) is 13.1. The number of benzene rings is 2. The summed E-state index contributed by atoms with van der Waals surface area (Å²) in [4.78, 5) is 4.35. The third-order valence-corrected chi connectivity index (χ3v) is 2.88. The van der Waals surface area contributed by atoms with Crippen LogP contribution in [0.1, 0.15) is 0 Å². The van der Waals surface area contributed by atoms with E-state index in [1.807, 2.05) is 42.5 Å². The van der Waals surface area contributed by atoms with Gasteiger partial charge in [-0.05, 0) is 24.3 Å². The van der Waals surface area contributed by atoms with Crippen molar-refractivity contribution >= 4 is 0 Å². The minimum atomic E-state index is 0.210. The second-order valence-electron chi connectivity index (χ2n) is 4.27. The molecule has 0 N–H and O–H groups in total. The lowest BCUT2D eigenvalue weighted by Crippen LogP contribution is -1.96. The lowest BCUT2D eigenvalue weighted by molar-refractivity contribution is 0.409. The lowest BCUT2D eigenvalue weighted by atomic mass is 10.2. The average Bonchev–Trinajstić information content (AvgIpc) is 2.57. The molecular weight excluding hydrogens is 266 g/mol. The van der Waals surface area contributed by atoms with Crippen molar-refractivity contribution < 1.29 is 9.47 Å². The number of aromatic nitrogens is 3. The summed E-state index contributed by atoms with van der Waals surface area (Å²) in [6.07, 6.45) is 1.61. The van der Waals surface area contributed by atoms with E-state index in [-0.39, 0.29) is 6.01 Å². The Morgan fingerprint density at radius 2 is 1.57 bits per heavy atom. The Morgan fingerprint density at radius 1 is 0.857 bits per heavy atom. The van der Waals surface area contributed by atoms with Crippen LogP contribution < -0.4 is 9.47 Å². The van der Waals surface area contributed by atoms with Crippen LogP contribution in [0.2, 0.25) is 0 Å². The Kier molecular flexibility index (Phi) is 3.73. The number of rotatable bonds is 4. The van der Waals surface area contributed by atoms with Gasteiger partial charge in [0, 0.05) is 5.56 Å². The third-order valence-electron chi connectivity index (χ3n) is 2.88. The maximum absolute atomic E-state index is 5.60. The maximum atomic E-state index is 5.60. The van der Waals surface area contributed by atoms with Crippen LogP contribution in [0.5, 0.6) is 17.5 Å². The summed E-state index contributed by atoms with van der Waals surface area (Å²) in [5.41, 5.74) is 1.68. The van der Waals surface area contributed by atoms with Crippen molar-refractivity contribution in [2.45, 2.75) is 0 Å². The van der Waals surface area contributed by atoms with Gasteiger partial charge in [-0.2, -0.15) is 10.1 Å². The average molecular weight is 279 g/mol. The van der Waals surface area contributed by atoms with E-state index < -0.39 is 0 Å². The van der Waals surface area contributed by atoms with Gasteiger partial charge in [0.15, 0.2) is 0 Å². The molecule has 0 radical (unpaired) electrons. The fourth-order valence-electron chi connectivity index (χ4n) is 1.83. The monoisotopic (exact) mass is 279 g/mol. The Morgan fingerprint density at radius 3 is 2.29 bits per heavy atom. The van der Waals surface area contributed by atoms with Crippen molar-refractivity contribution in [3.8, 4) is 28.8 Å². The van der Waals surface area contributed by atoms with E-state index >= 15 is 0 Å². The molecule has 0 aliphatic rings. The minimum absolute atomic E-state index is 0.210. The third kappa shape index (κ3) is 3.14. The van der Waals surface area contributed by atoms with Gasteiger partial charge in [0.2, 0.25) is 0 Å². The molecule has 21 heavy (non-hydrogen) atoms. The Bertz CT molecular complexity index is 715. The van der Waals surface area contributed by atoms with Crippen LogP contribution in [0, 0.1) is 0 Å². The zero-order chi connectivity index (χ0) is 14.5. The standard InChI is InChI=1S/C16H13N3O2/c1-20-13-7-9-14(10-8-13)21-16-18-15(11-17-19-16)12-5-3-2-4-6-12/h2-11H,1H3. The van der Waals surface area contributed by atoms with E-state index in [4.69, 9.17) is 9.47 Å². The fraction of sp³-hybridized carbons (Fsp3) is 0.0625. The van der Waals surface area contributed by atoms with Gasteiger partial charge in [-0.15, -0.1) is 0 Å². The minimum Gasteiger partial charge on any atom is -0.497 e. The van der Waals surface area contributed by atoms with Crippen LogP contribution in [0.15, 0.2) is 60.8 Å². The lowest BCUT2D eigenvalue weighted by Gasteiger charge is -2.05. The summed E-state index contributed by atoms with van der Waals surface area (Å²) >= 11 is 0. The van der Waals surface area contributed by atoms with Crippen LogP contribution in [-0.2, 0) is 0 Å². The van der Waals surface area contributed by atoms with Crippen LogP contribution in [-0.4, -0.2) is 22.3 Å². The second kappa shape index (κ2) is 6.00. The summed E-state index contributed by atoms with van der Waals surface area (Å²) in [6, 6.07) is 17.2. The Labute approximate surface area is 122 Å². The van der Waals surface area contributed by atoms with Crippen molar-refractivity contribution in [3.63, 3.8) is 0 Å². The van der Waals surface area contributed by atoms with E-state index in [1.54, 1.807) is 25.4 Å². The summed E-state index contributed by atoms with van der Waals surface area (Å²) in [5, 5.41) is 7.82. The first-order valence-corrected chi connectivity index (χ1v) is 6.42. The summed E-state index contributed by atoms with van der Waals surface area (Å²) < 4.78 is 10.7. The molecule has 0 saturated carbocycles. The van der Waals surface area contributed by atoms with Crippen LogP contribution >= 0.6 is 0 Å². The number of ether oxygens (including phenoxy) is 2. The van der Waals surface area contributed by atoms with E-state index in [9.17, 15) is 0 Å². The van der Waals surface area contributed by atoms with Crippen LogP contribution in [0.4, 0.5) is 0 Å². The molecule has 2 aromatic carbocycles. The quantitative estimate of drug-likeness (QED) is 0.733. The molecule has 0 saturated heterocycles. The van der Waals surface area contributed by atoms with Gasteiger partial charge in [0.05, 0.1) is 19.0 Å². The topological polar surface area (TPSA) is 57.1 Å². The summed E-state index contributed by atoms with van der Waals surface area (Å²) in [7, 11) is 1.62. The normalized spacial score (nSPS) is 10.1. The highest BCUT2D eigenvalue weighted by atomic mass is 16.5. The van der Waals surface area contributed by atoms with Crippen LogP contribution in [0.3, 0.4) is 0 Å². The molecule has 3 aromatic rings. The largest absolute Gasteiger partial charge is 0.497 e. The molecule has 0 spiro atoms. The first-order chi connectivity index (χ1) is 10.3. The maximum Gasteiger partial charge on any atom is 0.341 e. The van der Waals surface area contributed by atoms with E-state index in [0.717, 1.165) is 11.3 Å².